The number of nitrogens with zero attached hydrogens (tertiary/aromatic N) is 3. The molecule has 3 heterocycles. The van der Waals surface area contributed by atoms with E-state index in [9.17, 15) is 14.0 Å². The van der Waals surface area contributed by atoms with Crippen molar-refractivity contribution in [2.75, 3.05) is 37.6 Å². The van der Waals surface area contributed by atoms with Crippen molar-refractivity contribution in [1.29, 1.82) is 0 Å². The van der Waals surface area contributed by atoms with Crippen LogP contribution >= 0.6 is 11.3 Å². The number of piperazine rings is 1. The van der Waals surface area contributed by atoms with Crippen LogP contribution in [0.5, 0.6) is 0 Å². The summed E-state index contributed by atoms with van der Waals surface area (Å²) in [7, 11) is 0. The molecule has 33 heavy (non-hydrogen) atoms. The van der Waals surface area contributed by atoms with E-state index >= 15 is 0 Å². The molecule has 0 aliphatic carbocycles. The third-order valence-corrected chi connectivity index (χ3v) is 7.43. The van der Waals surface area contributed by atoms with Crippen LogP contribution in [-0.2, 0) is 11.3 Å². The van der Waals surface area contributed by atoms with E-state index in [1.165, 1.54) is 10.9 Å². The first-order valence-electron chi connectivity index (χ1n) is 11.3. The number of hydrogen-bond acceptors (Lipinski definition) is 4. The van der Waals surface area contributed by atoms with Gasteiger partial charge < -0.3 is 9.80 Å². The number of anilines is 1. The molecular formula is C26H26FN3O2S. The van der Waals surface area contributed by atoms with Gasteiger partial charge in [0.1, 0.15) is 5.82 Å². The van der Waals surface area contributed by atoms with Crippen LogP contribution in [0.1, 0.15) is 28.1 Å². The minimum Gasteiger partial charge on any atom is -0.336 e. The van der Waals surface area contributed by atoms with Gasteiger partial charge in [0.2, 0.25) is 5.91 Å². The summed E-state index contributed by atoms with van der Waals surface area (Å²) in [5.41, 5.74) is 2.44. The molecule has 2 fully saturated rings. The zero-order chi connectivity index (χ0) is 22.8. The number of benzene rings is 2. The molecule has 0 unspecified atom stereocenters. The van der Waals surface area contributed by atoms with Crippen molar-refractivity contribution in [1.82, 2.24) is 9.80 Å². The van der Waals surface area contributed by atoms with Crippen LogP contribution in [0.25, 0.3) is 10.4 Å². The lowest BCUT2D eigenvalue weighted by molar-refractivity contribution is -0.117. The molecule has 2 aromatic carbocycles. The number of amides is 2. The van der Waals surface area contributed by atoms with Crippen molar-refractivity contribution < 1.29 is 14.0 Å². The molecule has 2 aliphatic rings. The van der Waals surface area contributed by atoms with E-state index in [1.54, 1.807) is 28.4 Å². The predicted molar refractivity (Wildman–Crippen MR) is 129 cm³/mol. The highest BCUT2D eigenvalue weighted by Crippen LogP contribution is 2.29. The van der Waals surface area contributed by atoms with Gasteiger partial charge in [0, 0.05) is 66.7 Å². The predicted octanol–water partition coefficient (Wildman–Crippen LogP) is 4.64. The molecule has 2 amide bonds. The average molecular weight is 464 g/mol. The molecule has 0 radical (unpaired) electrons. The fourth-order valence-corrected chi connectivity index (χ4v) is 5.52. The minimum absolute atomic E-state index is 0.0402. The van der Waals surface area contributed by atoms with Crippen molar-refractivity contribution in [2.45, 2.75) is 19.4 Å². The molecule has 1 aromatic heterocycles. The lowest BCUT2D eigenvalue weighted by Crippen LogP contribution is -2.48. The monoisotopic (exact) mass is 463 g/mol. The maximum absolute atomic E-state index is 13.5. The van der Waals surface area contributed by atoms with Gasteiger partial charge in [0.05, 0.1) is 0 Å². The van der Waals surface area contributed by atoms with E-state index in [4.69, 9.17) is 0 Å². The maximum atomic E-state index is 13.5. The summed E-state index contributed by atoms with van der Waals surface area (Å²) >= 11 is 1.69. The van der Waals surface area contributed by atoms with Gasteiger partial charge in [-0.25, -0.2) is 4.39 Å². The van der Waals surface area contributed by atoms with Crippen LogP contribution in [0.3, 0.4) is 0 Å². The van der Waals surface area contributed by atoms with Gasteiger partial charge in [-0.15, -0.1) is 11.3 Å². The molecule has 2 aliphatic heterocycles. The highest BCUT2D eigenvalue weighted by molar-refractivity contribution is 7.15. The van der Waals surface area contributed by atoms with Crippen LogP contribution in [0.15, 0.2) is 60.7 Å². The first-order chi connectivity index (χ1) is 16.1. The Balaban J connectivity index is 1.15. The van der Waals surface area contributed by atoms with E-state index in [-0.39, 0.29) is 17.6 Å². The number of carbonyl (C=O) groups excluding carboxylic acids is 2. The summed E-state index contributed by atoms with van der Waals surface area (Å²) in [4.78, 5) is 33.2. The number of thiophene rings is 1. The summed E-state index contributed by atoms with van der Waals surface area (Å²) in [6, 6.07) is 18.3. The van der Waals surface area contributed by atoms with Crippen LogP contribution in [0, 0.1) is 5.82 Å². The Morgan fingerprint density at radius 1 is 0.939 bits per heavy atom. The summed E-state index contributed by atoms with van der Waals surface area (Å²) < 4.78 is 13.5. The van der Waals surface area contributed by atoms with Crippen molar-refractivity contribution in [3.8, 4) is 10.4 Å². The fourth-order valence-electron chi connectivity index (χ4n) is 4.48. The number of hydrogen-bond donors (Lipinski definition) is 0. The molecule has 0 spiro atoms. The topological polar surface area (TPSA) is 43.9 Å². The van der Waals surface area contributed by atoms with Crippen molar-refractivity contribution in [3.63, 3.8) is 0 Å². The van der Waals surface area contributed by atoms with Gasteiger partial charge in [0.15, 0.2) is 0 Å². The maximum Gasteiger partial charge on any atom is 0.253 e. The largest absolute Gasteiger partial charge is 0.336 e. The first-order valence-corrected chi connectivity index (χ1v) is 12.2. The highest BCUT2D eigenvalue weighted by Gasteiger charge is 2.24. The zero-order valence-corrected chi connectivity index (χ0v) is 19.2. The SMILES string of the molecule is O=C(c1ccc(N2CCCC2=O)cc1)N1CCN(Cc2ccc(-c3cccc(F)c3)s2)CC1. The molecule has 2 saturated heterocycles. The Labute approximate surface area is 197 Å². The summed E-state index contributed by atoms with van der Waals surface area (Å²) in [5.74, 6) is -0.0279. The second-order valence-corrected chi connectivity index (χ2v) is 9.71. The summed E-state index contributed by atoms with van der Waals surface area (Å²) in [6.45, 7) is 4.60. The second-order valence-electron chi connectivity index (χ2n) is 8.54. The highest BCUT2D eigenvalue weighted by atomic mass is 32.1. The Morgan fingerprint density at radius 3 is 2.42 bits per heavy atom. The third kappa shape index (κ3) is 4.84. The van der Waals surface area contributed by atoms with E-state index in [0.29, 0.717) is 25.1 Å². The zero-order valence-electron chi connectivity index (χ0n) is 18.4. The van der Waals surface area contributed by atoms with Crippen LogP contribution in [0.2, 0.25) is 0 Å². The van der Waals surface area contributed by atoms with Gasteiger partial charge in [-0.1, -0.05) is 12.1 Å². The molecule has 0 saturated carbocycles. The molecule has 7 heteroatoms. The van der Waals surface area contributed by atoms with Crippen LogP contribution < -0.4 is 4.90 Å². The van der Waals surface area contributed by atoms with E-state index in [2.05, 4.69) is 11.0 Å². The lowest BCUT2D eigenvalue weighted by atomic mass is 10.1. The van der Waals surface area contributed by atoms with Crippen LogP contribution in [0.4, 0.5) is 10.1 Å². The quantitative estimate of drug-likeness (QED) is 0.554. The smallest absolute Gasteiger partial charge is 0.253 e. The van der Waals surface area contributed by atoms with E-state index in [0.717, 1.165) is 48.7 Å². The standard InChI is InChI=1S/C26H26FN3O2S/c27-21-4-1-3-20(17-21)24-11-10-23(33-24)18-28-13-15-29(16-14-28)26(32)19-6-8-22(9-7-19)30-12-2-5-25(30)31/h1,3-4,6-11,17H,2,5,12-16,18H2. The summed E-state index contributed by atoms with van der Waals surface area (Å²) in [6.07, 6.45) is 1.49. The molecule has 0 atom stereocenters. The Hall–Kier alpha value is -3.03. The van der Waals surface area contributed by atoms with Gasteiger partial charge >= 0.3 is 0 Å². The third-order valence-electron chi connectivity index (χ3n) is 6.31. The van der Waals surface area contributed by atoms with Gasteiger partial charge in [-0.05, 0) is 60.5 Å². The fraction of sp³-hybridized carbons (Fsp3) is 0.308. The van der Waals surface area contributed by atoms with Gasteiger partial charge in [0.25, 0.3) is 5.91 Å². The number of carbonyl (C=O) groups is 2. The number of rotatable bonds is 5. The van der Waals surface area contributed by atoms with Crippen LogP contribution in [-0.4, -0.2) is 54.3 Å². The molecule has 0 N–H and O–H groups in total. The Morgan fingerprint density at radius 2 is 1.73 bits per heavy atom. The molecule has 5 rings (SSSR count). The summed E-state index contributed by atoms with van der Waals surface area (Å²) in [5, 5.41) is 0. The minimum atomic E-state index is -0.220. The molecular weight excluding hydrogens is 437 g/mol. The lowest BCUT2D eigenvalue weighted by Gasteiger charge is -2.34. The van der Waals surface area contributed by atoms with Crippen molar-refractivity contribution in [2.24, 2.45) is 0 Å². The van der Waals surface area contributed by atoms with Gasteiger partial charge in [-0.3, -0.25) is 14.5 Å². The van der Waals surface area contributed by atoms with E-state index < -0.39 is 0 Å². The van der Waals surface area contributed by atoms with Gasteiger partial charge in [-0.2, -0.15) is 0 Å². The van der Waals surface area contributed by atoms with Crippen molar-refractivity contribution >= 4 is 28.8 Å². The first kappa shape index (κ1) is 21.8. The average Bonchev–Trinajstić information content (AvgIpc) is 3.48. The second kappa shape index (κ2) is 9.45. The molecule has 3 aromatic rings. The molecule has 0 bridgehead atoms. The molecule has 170 valence electrons. The normalized spacial score (nSPS) is 17.1. The Kier molecular flexibility index (Phi) is 6.24. The molecule has 5 nitrogen and oxygen atoms in total. The number of halogens is 1. The Bertz CT molecular complexity index is 1150. The van der Waals surface area contributed by atoms with E-state index in [1.807, 2.05) is 41.3 Å². The van der Waals surface area contributed by atoms with Crippen molar-refractivity contribution in [3.05, 3.63) is 76.9 Å².